The van der Waals surface area contributed by atoms with Gasteiger partial charge in [-0.1, -0.05) is 20.8 Å². The summed E-state index contributed by atoms with van der Waals surface area (Å²) in [6.07, 6.45) is 2.74. The summed E-state index contributed by atoms with van der Waals surface area (Å²) in [6.45, 7) is 6.67. The van der Waals surface area contributed by atoms with Gasteiger partial charge in [-0.15, -0.1) is 0 Å². The number of carboxylic acids is 1. The van der Waals surface area contributed by atoms with Crippen molar-refractivity contribution >= 4 is 11.9 Å². The molecule has 2 fully saturated rings. The van der Waals surface area contributed by atoms with Gasteiger partial charge in [-0.2, -0.15) is 0 Å². The summed E-state index contributed by atoms with van der Waals surface area (Å²) in [5.74, 6) is -0.981. The van der Waals surface area contributed by atoms with Gasteiger partial charge in [0.2, 0.25) is 5.91 Å². The van der Waals surface area contributed by atoms with E-state index >= 15 is 0 Å². The molecule has 1 saturated carbocycles. The molecule has 20 heavy (non-hydrogen) atoms. The van der Waals surface area contributed by atoms with Crippen LogP contribution >= 0.6 is 0 Å². The van der Waals surface area contributed by atoms with E-state index in [2.05, 4.69) is 5.32 Å². The van der Waals surface area contributed by atoms with Crippen molar-refractivity contribution < 1.29 is 19.4 Å². The lowest BCUT2D eigenvalue weighted by atomic mass is 9.61. The fourth-order valence-corrected chi connectivity index (χ4v) is 3.50. The molecule has 5 nitrogen and oxygen atoms in total. The summed E-state index contributed by atoms with van der Waals surface area (Å²) in [4.78, 5) is 23.5. The zero-order chi connectivity index (χ0) is 14.9. The number of ether oxygens (including phenoxy) is 1. The first-order valence-corrected chi connectivity index (χ1v) is 7.49. The van der Waals surface area contributed by atoms with Crippen LogP contribution in [0.4, 0.5) is 0 Å². The molecule has 5 heteroatoms. The van der Waals surface area contributed by atoms with E-state index in [-0.39, 0.29) is 35.3 Å². The Bertz CT molecular complexity index is 387. The molecular weight excluding hydrogens is 258 g/mol. The molecule has 0 aromatic carbocycles. The van der Waals surface area contributed by atoms with Crippen LogP contribution in [-0.4, -0.2) is 35.7 Å². The van der Waals surface area contributed by atoms with Crippen LogP contribution in [0.5, 0.6) is 0 Å². The molecule has 1 aliphatic heterocycles. The predicted molar refractivity (Wildman–Crippen MR) is 74.2 cm³/mol. The van der Waals surface area contributed by atoms with Gasteiger partial charge in [-0.25, -0.2) is 0 Å². The van der Waals surface area contributed by atoms with Gasteiger partial charge >= 0.3 is 5.97 Å². The van der Waals surface area contributed by atoms with Crippen molar-refractivity contribution in [3.05, 3.63) is 0 Å². The first-order chi connectivity index (χ1) is 9.34. The highest BCUT2D eigenvalue weighted by Gasteiger charge is 2.46. The van der Waals surface area contributed by atoms with Crippen molar-refractivity contribution in [2.24, 2.45) is 17.3 Å². The lowest BCUT2D eigenvalue weighted by Gasteiger charge is -2.46. The highest BCUT2D eigenvalue weighted by Crippen LogP contribution is 2.45. The van der Waals surface area contributed by atoms with E-state index in [1.165, 1.54) is 0 Å². The third-order valence-corrected chi connectivity index (χ3v) is 5.29. The molecule has 3 unspecified atom stereocenters. The number of carboxylic acid groups (broad SMARTS) is 1. The number of hydrogen-bond donors (Lipinski definition) is 2. The van der Waals surface area contributed by atoms with E-state index in [4.69, 9.17) is 4.74 Å². The molecule has 114 valence electrons. The largest absolute Gasteiger partial charge is 0.481 e. The van der Waals surface area contributed by atoms with Crippen LogP contribution in [0.15, 0.2) is 0 Å². The number of carbonyl (C=O) groups excluding carboxylic acids is 1. The number of nitrogens with one attached hydrogen (secondary N) is 1. The minimum atomic E-state index is -0.731. The molecule has 0 aromatic heterocycles. The Hall–Kier alpha value is -1.10. The zero-order valence-corrected chi connectivity index (χ0v) is 12.5. The van der Waals surface area contributed by atoms with E-state index in [1.807, 2.05) is 20.8 Å². The quantitative estimate of drug-likeness (QED) is 0.828. The van der Waals surface area contributed by atoms with E-state index in [0.717, 1.165) is 19.3 Å². The molecule has 0 spiro atoms. The molecule has 2 N–H and O–H groups in total. The van der Waals surface area contributed by atoms with Gasteiger partial charge in [0.1, 0.15) is 6.10 Å². The first kappa shape index (κ1) is 15.3. The van der Waals surface area contributed by atoms with Gasteiger partial charge in [-0.05, 0) is 37.0 Å². The third kappa shape index (κ3) is 2.82. The normalized spacial score (nSPS) is 36.5. The van der Waals surface area contributed by atoms with Crippen molar-refractivity contribution in [1.82, 2.24) is 5.32 Å². The van der Waals surface area contributed by atoms with Gasteiger partial charge in [0.15, 0.2) is 0 Å². The smallest absolute Gasteiger partial charge is 0.307 e. The van der Waals surface area contributed by atoms with Crippen molar-refractivity contribution in [2.75, 3.05) is 6.61 Å². The molecule has 0 aromatic rings. The summed E-state index contributed by atoms with van der Waals surface area (Å²) in [6, 6.07) is 0.0392. The van der Waals surface area contributed by atoms with Gasteiger partial charge in [-0.3, -0.25) is 9.59 Å². The first-order valence-electron chi connectivity index (χ1n) is 7.49. The average Bonchev–Trinajstić information content (AvgIpc) is 2.88. The van der Waals surface area contributed by atoms with Crippen molar-refractivity contribution in [3.63, 3.8) is 0 Å². The summed E-state index contributed by atoms with van der Waals surface area (Å²) < 4.78 is 5.40. The van der Waals surface area contributed by atoms with E-state index in [0.29, 0.717) is 13.0 Å². The van der Waals surface area contributed by atoms with Crippen LogP contribution in [0, 0.1) is 17.3 Å². The van der Waals surface area contributed by atoms with Crippen LogP contribution in [-0.2, 0) is 14.3 Å². The summed E-state index contributed by atoms with van der Waals surface area (Å²) in [5.41, 5.74) is -0.321. The highest BCUT2D eigenvalue weighted by molar-refractivity contribution is 5.81. The number of rotatable bonds is 3. The lowest BCUT2D eigenvalue weighted by molar-refractivity contribution is -0.150. The molecule has 4 atom stereocenters. The SMILES string of the molecule is CC1C(NC(=O)[C@H]2CCCO2)CCC(C(=O)O)C1(C)C. The maximum Gasteiger partial charge on any atom is 0.307 e. The van der Waals surface area contributed by atoms with E-state index in [1.54, 1.807) is 0 Å². The molecule has 1 heterocycles. The summed E-state index contributed by atoms with van der Waals surface area (Å²) in [5, 5.41) is 12.4. The van der Waals surface area contributed by atoms with Gasteiger partial charge in [0, 0.05) is 12.6 Å². The fraction of sp³-hybridized carbons (Fsp3) is 0.867. The van der Waals surface area contributed by atoms with Gasteiger partial charge in [0.05, 0.1) is 5.92 Å². The van der Waals surface area contributed by atoms with Crippen molar-refractivity contribution in [3.8, 4) is 0 Å². The Morgan fingerprint density at radius 1 is 1.25 bits per heavy atom. The van der Waals surface area contributed by atoms with Crippen molar-refractivity contribution in [2.45, 2.75) is 58.6 Å². The Balaban J connectivity index is 2.00. The van der Waals surface area contributed by atoms with Gasteiger partial charge in [0.25, 0.3) is 0 Å². The maximum absolute atomic E-state index is 12.1. The van der Waals surface area contributed by atoms with Gasteiger partial charge < -0.3 is 15.2 Å². The number of aliphatic carboxylic acids is 1. The second-order valence-corrected chi connectivity index (χ2v) is 6.69. The average molecular weight is 283 g/mol. The molecule has 1 amide bonds. The van der Waals surface area contributed by atoms with Crippen LogP contribution in [0.2, 0.25) is 0 Å². The van der Waals surface area contributed by atoms with Crippen LogP contribution in [0.1, 0.15) is 46.5 Å². The fourth-order valence-electron chi connectivity index (χ4n) is 3.50. The second kappa shape index (κ2) is 5.72. The van der Waals surface area contributed by atoms with Crippen LogP contribution in [0.3, 0.4) is 0 Å². The Morgan fingerprint density at radius 3 is 2.50 bits per heavy atom. The molecule has 2 rings (SSSR count). The monoisotopic (exact) mass is 283 g/mol. The minimum absolute atomic E-state index is 0.0380. The highest BCUT2D eigenvalue weighted by atomic mass is 16.5. The molecule has 1 aliphatic carbocycles. The zero-order valence-electron chi connectivity index (χ0n) is 12.5. The van der Waals surface area contributed by atoms with Crippen LogP contribution in [0.25, 0.3) is 0 Å². The minimum Gasteiger partial charge on any atom is -0.481 e. The van der Waals surface area contributed by atoms with E-state index < -0.39 is 5.97 Å². The van der Waals surface area contributed by atoms with Crippen molar-refractivity contribution in [1.29, 1.82) is 0 Å². The summed E-state index contributed by atoms with van der Waals surface area (Å²) in [7, 11) is 0. The Morgan fingerprint density at radius 2 is 1.95 bits per heavy atom. The number of hydrogen-bond acceptors (Lipinski definition) is 3. The summed E-state index contributed by atoms with van der Waals surface area (Å²) >= 11 is 0. The molecule has 2 aliphatic rings. The second-order valence-electron chi connectivity index (χ2n) is 6.69. The predicted octanol–water partition coefficient (Wildman–Crippen LogP) is 1.81. The topological polar surface area (TPSA) is 75.6 Å². The van der Waals surface area contributed by atoms with Crippen LogP contribution < -0.4 is 5.32 Å². The molecule has 0 bridgehead atoms. The van der Waals surface area contributed by atoms with E-state index in [9.17, 15) is 14.7 Å². The Kier molecular flexibility index (Phi) is 4.37. The molecular formula is C15H25NO4. The number of carbonyl (C=O) groups is 2. The molecule has 0 radical (unpaired) electrons. The maximum atomic E-state index is 12.1. The third-order valence-electron chi connectivity index (χ3n) is 5.29. The molecule has 1 saturated heterocycles. The number of amides is 1. The lowest BCUT2D eigenvalue weighted by Crippen LogP contribution is -2.53. The Labute approximate surface area is 120 Å². The standard InChI is InChI=1S/C15H25NO4/c1-9-11(16-13(17)12-5-4-8-20-12)7-6-10(14(18)19)15(9,2)3/h9-12H,4-8H2,1-3H3,(H,16,17)(H,18,19)/t9?,10?,11?,12-/m1/s1.